The fraction of sp³-hybridized carbons (Fsp3) is 0.192. The minimum Gasteiger partial charge on any atom is -0.497 e. The van der Waals surface area contributed by atoms with Crippen molar-refractivity contribution in [1.29, 1.82) is 0 Å². The van der Waals surface area contributed by atoms with Crippen LogP contribution in [0, 0.1) is 0 Å². The number of pyridine rings is 1. The number of methoxy groups -OCH3 is 1. The van der Waals surface area contributed by atoms with E-state index in [2.05, 4.69) is 16.3 Å². The zero-order chi connectivity index (χ0) is 23.8. The molecule has 0 aliphatic heterocycles. The molecule has 0 N–H and O–H groups in total. The Bertz CT molecular complexity index is 1070. The van der Waals surface area contributed by atoms with Gasteiger partial charge >= 0.3 is 6.36 Å². The molecule has 0 fully saturated rings. The number of halogens is 3. The van der Waals surface area contributed by atoms with Crippen LogP contribution in [0.3, 0.4) is 0 Å². The summed E-state index contributed by atoms with van der Waals surface area (Å²) in [5.41, 5.74) is 3.71. The molecule has 0 bridgehead atoms. The van der Waals surface area contributed by atoms with Crippen molar-refractivity contribution in [3.05, 3.63) is 96.2 Å². The lowest BCUT2D eigenvalue weighted by molar-refractivity contribution is -0.274. The van der Waals surface area contributed by atoms with E-state index in [0.29, 0.717) is 13.1 Å². The van der Waals surface area contributed by atoms with E-state index in [1.807, 2.05) is 60.4 Å². The third-order valence-corrected chi connectivity index (χ3v) is 4.85. The van der Waals surface area contributed by atoms with E-state index in [4.69, 9.17) is 4.74 Å². The molecule has 0 radical (unpaired) electrons. The van der Waals surface area contributed by atoms with Gasteiger partial charge in [-0.3, -0.25) is 0 Å². The van der Waals surface area contributed by atoms with Crippen LogP contribution in [-0.2, 0) is 6.54 Å². The lowest BCUT2D eigenvalue weighted by atomic mass is 10.1. The molecule has 172 valence electrons. The van der Waals surface area contributed by atoms with Crippen molar-refractivity contribution in [2.24, 2.45) is 0 Å². The monoisotopic (exact) mass is 454 g/mol. The lowest BCUT2D eigenvalue weighted by Gasteiger charge is -2.23. The average molecular weight is 454 g/mol. The molecule has 0 saturated carbocycles. The number of anilines is 1. The van der Waals surface area contributed by atoms with Gasteiger partial charge in [-0.2, -0.15) is 0 Å². The molecule has 3 rings (SSSR count). The summed E-state index contributed by atoms with van der Waals surface area (Å²) < 4.78 is 46.4. The third kappa shape index (κ3) is 7.42. The molecule has 0 aliphatic carbocycles. The van der Waals surface area contributed by atoms with E-state index in [-0.39, 0.29) is 5.75 Å². The SMILES string of the molecule is C=C(C)c1ccc(N(CC=Cc2ccc(OC)cc2)Cc2ccc(OC(F)(F)F)cc2)nc1. The smallest absolute Gasteiger partial charge is 0.497 e. The van der Waals surface area contributed by atoms with Crippen LogP contribution < -0.4 is 14.4 Å². The normalized spacial score (nSPS) is 11.4. The first kappa shape index (κ1) is 23.9. The molecule has 33 heavy (non-hydrogen) atoms. The van der Waals surface area contributed by atoms with Crippen molar-refractivity contribution < 1.29 is 22.6 Å². The molecule has 0 amide bonds. The van der Waals surface area contributed by atoms with Gasteiger partial charge < -0.3 is 14.4 Å². The predicted octanol–water partition coefficient (Wildman–Crippen LogP) is 6.74. The van der Waals surface area contributed by atoms with Gasteiger partial charge in [-0.05, 0) is 65.6 Å². The zero-order valence-electron chi connectivity index (χ0n) is 18.5. The van der Waals surface area contributed by atoms with Crippen LogP contribution in [0.4, 0.5) is 19.0 Å². The van der Waals surface area contributed by atoms with Gasteiger partial charge in [-0.15, -0.1) is 13.2 Å². The van der Waals surface area contributed by atoms with Crippen molar-refractivity contribution >= 4 is 17.5 Å². The quantitative estimate of drug-likeness (QED) is 0.359. The van der Waals surface area contributed by atoms with Crippen LogP contribution in [0.2, 0.25) is 0 Å². The summed E-state index contributed by atoms with van der Waals surface area (Å²) in [4.78, 5) is 6.58. The zero-order valence-corrected chi connectivity index (χ0v) is 18.5. The van der Waals surface area contributed by atoms with Gasteiger partial charge in [0.25, 0.3) is 0 Å². The molecule has 0 spiro atoms. The Hall–Kier alpha value is -3.74. The summed E-state index contributed by atoms with van der Waals surface area (Å²) in [6, 6.07) is 17.4. The molecule has 7 heteroatoms. The number of hydrogen-bond acceptors (Lipinski definition) is 4. The van der Waals surface area contributed by atoms with E-state index in [9.17, 15) is 13.2 Å². The molecular formula is C26H25F3N2O2. The number of allylic oxidation sites excluding steroid dienone is 1. The molecular weight excluding hydrogens is 429 g/mol. The van der Waals surface area contributed by atoms with Crippen LogP contribution in [0.1, 0.15) is 23.6 Å². The van der Waals surface area contributed by atoms with Crippen molar-refractivity contribution in [3.8, 4) is 11.5 Å². The van der Waals surface area contributed by atoms with Gasteiger partial charge in [0.05, 0.1) is 7.11 Å². The van der Waals surface area contributed by atoms with Gasteiger partial charge in [-0.25, -0.2) is 4.98 Å². The number of benzene rings is 2. The van der Waals surface area contributed by atoms with Gasteiger partial charge in [0.2, 0.25) is 0 Å². The van der Waals surface area contributed by atoms with Gasteiger partial charge in [-0.1, -0.05) is 43.0 Å². The van der Waals surface area contributed by atoms with E-state index in [1.54, 1.807) is 25.4 Å². The van der Waals surface area contributed by atoms with Crippen molar-refractivity contribution in [1.82, 2.24) is 4.98 Å². The van der Waals surface area contributed by atoms with Crippen molar-refractivity contribution in [2.75, 3.05) is 18.6 Å². The van der Waals surface area contributed by atoms with Crippen molar-refractivity contribution in [3.63, 3.8) is 0 Å². The Balaban J connectivity index is 1.77. The Kier molecular flexibility index (Phi) is 7.77. The Morgan fingerprint density at radius 3 is 2.21 bits per heavy atom. The first-order valence-corrected chi connectivity index (χ1v) is 10.3. The predicted molar refractivity (Wildman–Crippen MR) is 125 cm³/mol. The highest BCUT2D eigenvalue weighted by molar-refractivity contribution is 5.62. The summed E-state index contributed by atoms with van der Waals surface area (Å²) in [6.45, 7) is 6.85. The number of nitrogens with zero attached hydrogens (tertiary/aromatic N) is 2. The Morgan fingerprint density at radius 1 is 1.00 bits per heavy atom. The van der Waals surface area contributed by atoms with Crippen LogP contribution in [0.25, 0.3) is 11.6 Å². The molecule has 0 unspecified atom stereocenters. The molecule has 1 heterocycles. The van der Waals surface area contributed by atoms with E-state index < -0.39 is 6.36 Å². The maximum atomic E-state index is 12.4. The highest BCUT2D eigenvalue weighted by Gasteiger charge is 2.30. The number of ether oxygens (including phenoxy) is 2. The Labute approximate surface area is 191 Å². The van der Waals surface area contributed by atoms with Crippen LogP contribution in [0.5, 0.6) is 11.5 Å². The fourth-order valence-electron chi connectivity index (χ4n) is 3.11. The van der Waals surface area contributed by atoms with E-state index >= 15 is 0 Å². The highest BCUT2D eigenvalue weighted by atomic mass is 19.4. The van der Waals surface area contributed by atoms with Crippen LogP contribution >= 0.6 is 0 Å². The molecule has 3 aromatic rings. The van der Waals surface area contributed by atoms with Crippen molar-refractivity contribution in [2.45, 2.75) is 19.8 Å². The molecule has 1 aromatic heterocycles. The topological polar surface area (TPSA) is 34.6 Å². The summed E-state index contributed by atoms with van der Waals surface area (Å²) in [6.07, 6.45) is 1.05. The maximum Gasteiger partial charge on any atom is 0.573 e. The van der Waals surface area contributed by atoms with Gasteiger partial charge in [0, 0.05) is 19.3 Å². The first-order chi connectivity index (χ1) is 15.7. The molecule has 0 aliphatic rings. The molecule has 0 saturated heterocycles. The van der Waals surface area contributed by atoms with Crippen LogP contribution in [0.15, 0.2) is 79.5 Å². The number of aromatic nitrogens is 1. The molecule has 2 aromatic carbocycles. The average Bonchev–Trinajstić information content (AvgIpc) is 2.79. The summed E-state index contributed by atoms with van der Waals surface area (Å²) in [5, 5.41) is 0. The minimum absolute atomic E-state index is 0.249. The summed E-state index contributed by atoms with van der Waals surface area (Å²) >= 11 is 0. The second-order valence-electron chi connectivity index (χ2n) is 7.43. The lowest BCUT2D eigenvalue weighted by Crippen LogP contribution is -2.23. The third-order valence-electron chi connectivity index (χ3n) is 4.85. The second-order valence-corrected chi connectivity index (χ2v) is 7.43. The summed E-state index contributed by atoms with van der Waals surface area (Å²) in [7, 11) is 1.62. The molecule has 0 atom stereocenters. The Morgan fingerprint density at radius 2 is 1.67 bits per heavy atom. The second kappa shape index (κ2) is 10.7. The fourth-order valence-corrected chi connectivity index (χ4v) is 3.11. The van der Waals surface area contributed by atoms with Gasteiger partial charge in [0.1, 0.15) is 17.3 Å². The largest absolute Gasteiger partial charge is 0.573 e. The molecule has 4 nitrogen and oxygen atoms in total. The van der Waals surface area contributed by atoms with E-state index in [0.717, 1.165) is 33.8 Å². The standard InChI is InChI=1S/C26H25F3N2O2/c1-19(2)22-10-15-25(30-17-22)31(16-4-5-20-6-11-23(32-3)12-7-20)18-21-8-13-24(14-9-21)33-26(27,28)29/h4-15,17H,1,16,18H2,2-3H3. The number of alkyl halides is 3. The minimum atomic E-state index is -4.71. The highest BCUT2D eigenvalue weighted by Crippen LogP contribution is 2.24. The summed E-state index contributed by atoms with van der Waals surface area (Å²) in [5.74, 6) is 1.28. The first-order valence-electron chi connectivity index (χ1n) is 10.3. The van der Waals surface area contributed by atoms with Crippen LogP contribution in [-0.4, -0.2) is 25.0 Å². The van der Waals surface area contributed by atoms with E-state index in [1.165, 1.54) is 12.1 Å². The number of hydrogen-bond donors (Lipinski definition) is 0. The maximum absolute atomic E-state index is 12.4. The number of rotatable bonds is 9. The van der Waals surface area contributed by atoms with Gasteiger partial charge in [0.15, 0.2) is 0 Å².